The molecule has 17 heteroatoms. The largest absolute Gasteiger partial charge is 0.476 e. The molecule has 0 radical (unpaired) electrons. The minimum absolute atomic E-state index is 0.000351. The fourth-order valence-electron chi connectivity index (χ4n) is 3.74. The molecular weight excluding hydrogens is 473 g/mol. The molecule has 16 nitrogen and oxygen atoms in total. The van der Waals surface area contributed by atoms with Crippen LogP contribution in [-0.2, 0) is 27.9 Å². The topological polar surface area (TPSA) is 219 Å². The zero-order valence-corrected chi connectivity index (χ0v) is 19.5. The van der Waals surface area contributed by atoms with E-state index < -0.39 is 31.7 Å². The van der Waals surface area contributed by atoms with E-state index in [1.54, 1.807) is 11.5 Å². The van der Waals surface area contributed by atoms with Gasteiger partial charge in [0.2, 0.25) is 11.8 Å². The second-order valence-corrected chi connectivity index (χ2v) is 9.18. The lowest BCUT2D eigenvalue weighted by atomic mass is 9.93. The number of nitrogens with one attached hydrogen (secondary N) is 1. The maximum atomic E-state index is 13.0. The molecule has 2 aliphatic rings. The van der Waals surface area contributed by atoms with Crippen LogP contribution in [0.2, 0.25) is 0 Å². The Balaban J connectivity index is 0.00000103. The highest BCUT2D eigenvalue weighted by molar-refractivity contribution is 7.51. The number of hydrogen-bond donors (Lipinski definition) is 2. The summed E-state index contributed by atoms with van der Waals surface area (Å²) in [4.78, 5) is 31.9. The van der Waals surface area contributed by atoms with Gasteiger partial charge >= 0.3 is 13.9 Å². The maximum Gasteiger partial charge on any atom is 0.405 e. The Labute approximate surface area is 193 Å². The summed E-state index contributed by atoms with van der Waals surface area (Å²) in [6.07, 6.45) is 0.120. The van der Waals surface area contributed by atoms with E-state index >= 15 is 0 Å². The molecule has 1 unspecified atom stereocenters. The third kappa shape index (κ3) is 4.74. The van der Waals surface area contributed by atoms with Crippen molar-refractivity contribution in [3.05, 3.63) is 16.8 Å². The van der Waals surface area contributed by atoms with E-state index in [-0.39, 0.29) is 24.6 Å². The molecule has 0 spiro atoms. The first kappa shape index (κ1) is 25.5. The number of rotatable bonds is 7. The molecule has 4 heterocycles. The predicted octanol–water partition coefficient (Wildman–Crippen LogP) is 1.71. The highest BCUT2D eigenvalue weighted by Gasteiger charge is 2.60. The molecule has 2 saturated heterocycles. The van der Waals surface area contributed by atoms with Crippen molar-refractivity contribution >= 4 is 31.0 Å². The number of hydrogen-bond acceptors (Lipinski definition) is 12. The summed E-state index contributed by atoms with van der Waals surface area (Å²) in [5, 5.41) is 6.78. The van der Waals surface area contributed by atoms with E-state index in [9.17, 15) is 10.1 Å². The first-order valence-corrected chi connectivity index (χ1v) is 11.8. The lowest BCUT2D eigenvalue weighted by Gasteiger charge is -2.36. The molecule has 0 amide bonds. The van der Waals surface area contributed by atoms with Gasteiger partial charge in [-0.05, 0) is 25.8 Å². The van der Waals surface area contributed by atoms with Gasteiger partial charge < -0.3 is 15.2 Å². The molecule has 0 bridgehead atoms. The highest BCUT2D eigenvalue weighted by atomic mass is 31.2. The number of nitrogen functional groups attached to an aromatic ring is 1. The van der Waals surface area contributed by atoms with Crippen molar-refractivity contribution < 1.29 is 32.7 Å². The Morgan fingerprint density at radius 3 is 2.85 bits per heavy atom. The third-order valence-corrected chi connectivity index (χ3v) is 6.74. The average molecular weight is 497 g/mol. The summed E-state index contributed by atoms with van der Waals surface area (Å²) in [5.74, 6) is 0.226. The molecule has 2 aromatic heterocycles. The number of nitrogens with two attached hydrogens (primary N) is 1. The molecule has 5 atom stereocenters. The highest BCUT2D eigenvalue weighted by Crippen LogP contribution is 2.56. The Kier molecular flexibility index (Phi) is 7.85. The van der Waals surface area contributed by atoms with E-state index in [4.69, 9.17) is 33.8 Å². The van der Waals surface area contributed by atoms with Crippen LogP contribution >= 0.6 is 7.75 Å². The Morgan fingerprint density at radius 1 is 1.47 bits per heavy atom. The number of anilines is 1. The number of fused-ring (bicyclic) bond motifs is 2. The first-order valence-electron chi connectivity index (χ1n) is 10.3. The zero-order chi connectivity index (χ0) is 24.9. The van der Waals surface area contributed by atoms with Gasteiger partial charge in [0.1, 0.15) is 17.7 Å². The van der Waals surface area contributed by atoms with Gasteiger partial charge in [-0.15, -0.1) is 0 Å². The number of carbonyl (C=O) groups excluding carboxylic acids is 2. The minimum Gasteiger partial charge on any atom is -0.476 e. The monoisotopic (exact) mass is 497 g/mol. The van der Waals surface area contributed by atoms with Crippen molar-refractivity contribution in [1.29, 1.82) is 0 Å². The number of azide groups is 1. The fraction of sp³-hybridized carbons (Fsp3) is 0.647. The van der Waals surface area contributed by atoms with Gasteiger partial charge in [0.15, 0.2) is 17.4 Å². The van der Waals surface area contributed by atoms with Gasteiger partial charge in [-0.3, -0.25) is 13.6 Å². The van der Waals surface area contributed by atoms with Crippen LogP contribution in [0.25, 0.3) is 21.6 Å². The molecule has 184 valence electrons. The molecule has 2 fully saturated rings. The standard InChI is InChI=1S/C16H24N9O5P.CO2/c1-4-6-20-31(26)28-7-9-11(30-31)16(3,23-24-18)14(29-9)25-8-19-10-12(25)21-15(17)22-13(10)27-5-2;2-1-3/h8-9,11,14H,4-7H2,1-3H3,(H,20,26)(H2,17,21,22);/t9-,11-,14-,16-,31?;/m1./s1. The smallest absolute Gasteiger partial charge is 0.405 e. The fourth-order valence-corrected chi connectivity index (χ4v) is 5.46. The van der Waals surface area contributed by atoms with Crippen molar-refractivity contribution in [2.75, 3.05) is 25.5 Å². The third-order valence-electron chi connectivity index (χ3n) is 5.13. The van der Waals surface area contributed by atoms with Crippen LogP contribution in [0.1, 0.15) is 33.4 Å². The van der Waals surface area contributed by atoms with Crippen LogP contribution in [0.5, 0.6) is 5.88 Å². The van der Waals surface area contributed by atoms with Gasteiger partial charge in [0, 0.05) is 11.5 Å². The van der Waals surface area contributed by atoms with Crippen molar-refractivity contribution in [3.8, 4) is 5.88 Å². The average Bonchev–Trinajstić information content (AvgIpc) is 3.32. The molecular formula is C17H24N9O7P. The second kappa shape index (κ2) is 10.5. The second-order valence-electron chi connectivity index (χ2n) is 7.40. The van der Waals surface area contributed by atoms with Crippen molar-refractivity contribution in [2.45, 2.75) is 51.2 Å². The van der Waals surface area contributed by atoms with Crippen LogP contribution in [-0.4, -0.2) is 63.2 Å². The van der Waals surface area contributed by atoms with Gasteiger partial charge in [0.05, 0.1) is 19.5 Å². The summed E-state index contributed by atoms with van der Waals surface area (Å²) >= 11 is 0. The number of ether oxygens (including phenoxy) is 2. The molecule has 2 aliphatic heterocycles. The van der Waals surface area contributed by atoms with Crippen molar-refractivity contribution in [2.24, 2.45) is 5.11 Å². The predicted molar refractivity (Wildman–Crippen MR) is 114 cm³/mol. The van der Waals surface area contributed by atoms with Crippen LogP contribution in [0.3, 0.4) is 0 Å². The Morgan fingerprint density at radius 2 is 2.21 bits per heavy atom. The zero-order valence-electron chi connectivity index (χ0n) is 18.7. The van der Waals surface area contributed by atoms with E-state index in [1.807, 2.05) is 13.8 Å². The summed E-state index contributed by atoms with van der Waals surface area (Å²) in [7, 11) is -3.58. The van der Waals surface area contributed by atoms with Gasteiger partial charge in [-0.1, -0.05) is 12.0 Å². The molecule has 0 aliphatic carbocycles. The van der Waals surface area contributed by atoms with E-state index in [0.29, 0.717) is 24.3 Å². The number of imidazole rings is 1. The molecule has 0 aromatic carbocycles. The van der Waals surface area contributed by atoms with E-state index in [0.717, 1.165) is 6.42 Å². The van der Waals surface area contributed by atoms with E-state index in [2.05, 4.69) is 30.1 Å². The van der Waals surface area contributed by atoms with Crippen LogP contribution < -0.4 is 15.6 Å². The normalized spacial score (nSPS) is 29.9. The number of nitrogens with zero attached hydrogens (tertiary/aromatic N) is 7. The molecule has 3 N–H and O–H groups in total. The van der Waals surface area contributed by atoms with Gasteiger partial charge in [-0.2, -0.15) is 19.6 Å². The lowest BCUT2D eigenvalue weighted by Crippen LogP contribution is -2.47. The maximum absolute atomic E-state index is 13.0. The number of aromatic nitrogens is 4. The minimum atomic E-state index is -3.58. The lowest BCUT2D eigenvalue weighted by molar-refractivity contribution is -0.191. The van der Waals surface area contributed by atoms with Crippen molar-refractivity contribution in [1.82, 2.24) is 24.6 Å². The van der Waals surface area contributed by atoms with Gasteiger partial charge in [0.25, 0.3) is 0 Å². The summed E-state index contributed by atoms with van der Waals surface area (Å²) in [6, 6.07) is 0. The molecule has 4 rings (SSSR count). The summed E-state index contributed by atoms with van der Waals surface area (Å²) in [6.45, 7) is 6.21. The SMILES string of the molecule is CCCNP1(=O)OC[C@H]2O[C@@H](n3cnc4c(OCC)nc(N)nc43)[C@](C)(N=[N+]=[N-])[C@@H]2O1.O=C=O. The van der Waals surface area contributed by atoms with Crippen molar-refractivity contribution in [3.63, 3.8) is 0 Å². The first-order chi connectivity index (χ1) is 16.3. The Hall–Kier alpha value is -3.09. The van der Waals surface area contributed by atoms with Crippen LogP contribution in [0, 0.1) is 0 Å². The molecule has 0 saturated carbocycles. The van der Waals surface area contributed by atoms with Gasteiger partial charge in [-0.25, -0.2) is 14.6 Å². The van der Waals surface area contributed by atoms with Crippen LogP contribution in [0.4, 0.5) is 5.95 Å². The Bertz CT molecular complexity index is 1160. The van der Waals surface area contributed by atoms with E-state index in [1.165, 1.54) is 6.33 Å². The van der Waals surface area contributed by atoms with Crippen LogP contribution in [0.15, 0.2) is 11.4 Å². The summed E-state index contributed by atoms with van der Waals surface area (Å²) < 4.78 is 37.5. The quantitative estimate of drug-likeness (QED) is 0.242. The summed E-state index contributed by atoms with van der Waals surface area (Å²) in [5.41, 5.74) is 14.6. The molecule has 34 heavy (non-hydrogen) atoms. The molecule has 2 aromatic rings.